The minimum Gasteiger partial charge on any atom is -0.325 e. The third-order valence-electron chi connectivity index (χ3n) is 4.17. The van der Waals surface area contributed by atoms with Crippen molar-refractivity contribution < 1.29 is 9.18 Å². The van der Waals surface area contributed by atoms with Crippen molar-refractivity contribution in [2.24, 2.45) is 0 Å². The molecule has 4 rings (SSSR count). The molecule has 4 nitrogen and oxygen atoms in total. The van der Waals surface area contributed by atoms with Gasteiger partial charge < -0.3 is 5.32 Å². The zero-order chi connectivity index (χ0) is 19.5. The van der Waals surface area contributed by atoms with Crippen LogP contribution in [-0.4, -0.2) is 21.6 Å². The van der Waals surface area contributed by atoms with Crippen LogP contribution in [0.1, 0.15) is 5.56 Å². The lowest BCUT2D eigenvalue weighted by Gasteiger charge is -2.07. The van der Waals surface area contributed by atoms with Crippen LogP contribution < -0.4 is 5.32 Å². The number of amides is 1. The fourth-order valence-electron chi connectivity index (χ4n) is 2.77. The average Bonchev–Trinajstić information content (AvgIpc) is 3.13. The van der Waals surface area contributed by atoms with Gasteiger partial charge in [0.25, 0.3) is 0 Å². The largest absolute Gasteiger partial charge is 0.325 e. The number of hydrogen-bond acceptors (Lipinski definition) is 5. The molecule has 1 N–H and O–H groups in total. The number of nitrogens with zero attached hydrogens (tertiary/aromatic N) is 2. The van der Waals surface area contributed by atoms with Crippen molar-refractivity contribution in [1.82, 2.24) is 9.97 Å². The van der Waals surface area contributed by atoms with Gasteiger partial charge in [-0.1, -0.05) is 41.6 Å². The van der Waals surface area contributed by atoms with Gasteiger partial charge >= 0.3 is 0 Å². The van der Waals surface area contributed by atoms with E-state index in [1.807, 2.05) is 0 Å². The summed E-state index contributed by atoms with van der Waals surface area (Å²) in [5.41, 5.74) is 3.94. The second kappa shape index (κ2) is 8.08. The van der Waals surface area contributed by atoms with E-state index in [0.29, 0.717) is 5.69 Å². The predicted molar refractivity (Wildman–Crippen MR) is 113 cm³/mol. The zero-order valence-corrected chi connectivity index (χ0v) is 16.6. The van der Waals surface area contributed by atoms with E-state index in [0.717, 1.165) is 26.4 Å². The summed E-state index contributed by atoms with van der Waals surface area (Å²) < 4.78 is 13.0. The topological polar surface area (TPSA) is 54.9 Å². The molecule has 0 fully saturated rings. The summed E-state index contributed by atoms with van der Waals surface area (Å²) in [6, 6.07) is 14.0. The average molecular weight is 410 g/mol. The van der Waals surface area contributed by atoms with Gasteiger partial charge in [-0.15, -0.1) is 11.3 Å². The summed E-state index contributed by atoms with van der Waals surface area (Å²) in [7, 11) is 0. The molecule has 28 heavy (non-hydrogen) atoms. The number of benzene rings is 2. The minimum atomic E-state index is -0.336. The molecule has 0 aliphatic rings. The number of aromatic nitrogens is 2. The number of rotatable bonds is 5. The van der Waals surface area contributed by atoms with E-state index in [1.54, 1.807) is 11.3 Å². The molecule has 140 valence electrons. The zero-order valence-electron chi connectivity index (χ0n) is 15.0. The van der Waals surface area contributed by atoms with Crippen molar-refractivity contribution in [2.75, 3.05) is 11.1 Å². The SMILES string of the molecule is Cc1ccc(-c2csc3ncnc(SCC(=O)Nc4ccc(F)cc4)c23)cc1. The van der Waals surface area contributed by atoms with Crippen LogP contribution in [0, 0.1) is 12.7 Å². The standard InChI is InChI=1S/C21H16FN3OS2/c1-13-2-4-14(5-3-13)17-10-27-20-19(17)21(24-12-23-20)28-11-18(26)25-16-8-6-15(22)7-9-16/h2-10,12H,11H2,1H3,(H,25,26). The van der Waals surface area contributed by atoms with Gasteiger partial charge in [-0.25, -0.2) is 14.4 Å². The number of halogens is 1. The Morgan fingerprint density at radius 3 is 2.61 bits per heavy atom. The van der Waals surface area contributed by atoms with Gasteiger partial charge in [-0.2, -0.15) is 0 Å². The third-order valence-corrected chi connectivity index (χ3v) is 6.04. The van der Waals surface area contributed by atoms with Crippen molar-refractivity contribution in [3.8, 4) is 11.1 Å². The smallest absolute Gasteiger partial charge is 0.234 e. The first-order chi connectivity index (χ1) is 13.6. The maximum absolute atomic E-state index is 13.0. The van der Waals surface area contributed by atoms with Gasteiger partial charge in [0.15, 0.2) is 0 Å². The Hall–Kier alpha value is -2.77. The summed E-state index contributed by atoms with van der Waals surface area (Å²) >= 11 is 2.93. The molecule has 7 heteroatoms. The quantitative estimate of drug-likeness (QED) is 0.347. The molecule has 0 radical (unpaired) electrons. The molecular formula is C21H16FN3OS2. The van der Waals surface area contributed by atoms with Gasteiger partial charge in [-0.3, -0.25) is 4.79 Å². The van der Waals surface area contributed by atoms with Crippen LogP contribution in [-0.2, 0) is 4.79 Å². The number of anilines is 1. The van der Waals surface area contributed by atoms with Gasteiger partial charge in [0.2, 0.25) is 5.91 Å². The third kappa shape index (κ3) is 4.05. The molecule has 0 atom stereocenters. The first kappa shape index (κ1) is 18.6. The number of nitrogens with one attached hydrogen (secondary N) is 1. The summed E-state index contributed by atoms with van der Waals surface area (Å²) in [6.07, 6.45) is 1.53. The van der Waals surface area contributed by atoms with E-state index in [9.17, 15) is 9.18 Å². The van der Waals surface area contributed by atoms with E-state index in [-0.39, 0.29) is 17.5 Å². The van der Waals surface area contributed by atoms with E-state index >= 15 is 0 Å². The van der Waals surface area contributed by atoms with E-state index in [1.165, 1.54) is 47.9 Å². The molecule has 0 aliphatic heterocycles. The summed E-state index contributed by atoms with van der Waals surface area (Å²) in [4.78, 5) is 21.9. The second-order valence-corrected chi connectivity index (χ2v) is 8.04. The molecule has 2 aromatic heterocycles. The monoisotopic (exact) mass is 409 g/mol. The maximum atomic E-state index is 13.0. The molecule has 0 unspecified atom stereocenters. The molecule has 2 heterocycles. The van der Waals surface area contributed by atoms with Crippen LogP contribution in [0.3, 0.4) is 0 Å². The number of carbonyl (C=O) groups excluding carboxylic acids is 1. The molecule has 2 aromatic carbocycles. The molecule has 0 bridgehead atoms. The van der Waals surface area contributed by atoms with E-state index < -0.39 is 0 Å². The van der Waals surface area contributed by atoms with Crippen molar-refractivity contribution >= 4 is 44.9 Å². The molecule has 0 aliphatic carbocycles. The van der Waals surface area contributed by atoms with Gasteiger partial charge in [-0.05, 0) is 36.8 Å². The Bertz CT molecular complexity index is 1120. The molecule has 4 aromatic rings. The summed E-state index contributed by atoms with van der Waals surface area (Å²) in [6.45, 7) is 2.06. The van der Waals surface area contributed by atoms with Crippen LogP contribution in [0.5, 0.6) is 0 Å². The highest BCUT2D eigenvalue weighted by Gasteiger charge is 2.15. The number of carbonyl (C=O) groups is 1. The number of thiophene rings is 1. The van der Waals surface area contributed by atoms with Crippen LogP contribution >= 0.6 is 23.1 Å². The molecule has 0 saturated carbocycles. The highest BCUT2D eigenvalue weighted by atomic mass is 32.2. The Kier molecular flexibility index (Phi) is 5.36. The predicted octanol–water partition coefficient (Wildman–Crippen LogP) is 5.54. The fraction of sp³-hybridized carbons (Fsp3) is 0.0952. The highest BCUT2D eigenvalue weighted by Crippen LogP contribution is 2.37. The molecule has 0 saturated heterocycles. The van der Waals surface area contributed by atoms with Crippen LogP contribution in [0.25, 0.3) is 21.3 Å². The van der Waals surface area contributed by atoms with E-state index in [2.05, 4.69) is 51.9 Å². The lowest BCUT2D eigenvalue weighted by Crippen LogP contribution is -2.14. The second-order valence-electron chi connectivity index (χ2n) is 6.22. The Morgan fingerprint density at radius 1 is 1.11 bits per heavy atom. The lowest BCUT2D eigenvalue weighted by atomic mass is 10.1. The van der Waals surface area contributed by atoms with Gasteiger partial charge in [0.1, 0.15) is 22.0 Å². The number of fused-ring (bicyclic) bond motifs is 1. The fourth-order valence-corrected chi connectivity index (χ4v) is 4.56. The van der Waals surface area contributed by atoms with Gasteiger partial charge in [0.05, 0.1) is 11.1 Å². The minimum absolute atomic E-state index is 0.171. The number of thioether (sulfide) groups is 1. The summed E-state index contributed by atoms with van der Waals surface area (Å²) in [5, 5.41) is 6.59. The molecular weight excluding hydrogens is 393 g/mol. The Morgan fingerprint density at radius 2 is 1.86 bits per heavy atom. The van der Waals surface area contributed by atoms with Crippen molar-refractivity contribution in [3.05, 3.63) is 71.6 Å². The molecule has 0 spiro atoms. The van der Waals surface area contributed by atoms with Crippen molar-refractivity contribution in [2.45, 2.75) is 11.9 Å². The first-order valence-corrected chi connectivity index (χ1v) is 10.4. The number of hydrogen-bond donors (Lipinski definition) is 1. The highest BCUT2D eigenvalue weighted by molar-refractivity contribution is 8.00. The van der Waals surface area contributed by atoms with Crippen LogP contribution in [0.15, 0.2) is 65.3 Å². The van der Waals surface area contributed by atoms with Crippen LogP contribution in [0.4, 0.5) is 10.1 Å². The lowest BCUT2D eigenvalue weighted by molar-refractivity contribution is -0.113. The molecule has 1 amide bonds. The first-order valence-electron chi connectivity index (χ1n) is 8.57. The van der Waals surface area contributed by atoms with E-state index in [4.69, 9.17) is 0 Å². The van der Waals surface area contributed by atoms with Crippen molar-refractivity contribution in [1.29, 1.82) is 0 Å². The summed E-state index contributed by atoms with van der Waals surface area (Å²) in [5.74, 6) is -0.306. The normalized spacial score (nSPS) is 10.9. The Labute approximate surface area is 169 Å². The van der Waals surface area contributed by atoms with Crippen LogP contribution in [0.2, 0.25) is 0 Å². The number of aryl methyl sites for hydroxylation is 1. The Balaban J connectivity index is 1.55. The van der Waals surface area contributed by atoms with Gasteiger partial charge in [0, 0.05) is 16.6 Å². The van der Waals surface area contributed by atoms with Crippen molar-refractivity contribution in [3.63, 3.8) is 0 Å². The maximum Gasteiger partial charge on any atom is 0.234 e.